The summed E-state index contributed by atoms with van der Waals surface area (Å²) in [6.45, 7) is 0. The van der Waals surface area contributed by atoms with Gasteiger partial charge in [0.15, 0.2) is 0 Å². The number of benzene rings is 1. The lowest BCUT2D eigenvalue weighted by Gasteiger charge is -1.97. The predicted molar refractivity (Wildman–Crippen MR) is 72.6 cm³/mol. The Kier molecular flexibility index (Phi) is 4.84. The number of carboxylic acids is 1. The Bertz CT molecular complexity index is 615. The number of aryl methyl sites for hydroxylation is 1. The van der Waals surface area contributed by atoms with Gasteiger partial charge in [0.05, 0.1) is 4.47 Å². The summed E-state index contributed by atoms with van der Waals surface area (Å²) < 4.78 is 18.9. The summed E-state index contributed by atoms with van der Waals surface area (Å²) >= 11 is 3.09. The molecule has 0 bridgehead atoms. The largest absolute Gasteiger partial charge is 0.481 e. The minimum absolute atomic E-state index is 0.131. The van der Waals surface area contributed by atoms with E-state index in [1.807, 2.05) is 0 Å². The molecule has 1 aromatic heterocycles. The Labute approximate surface area is 123 Å². The van der Waals surface area contributed by atoms with Crippen LogP contribution in [-0.4, -0.2) is 21.3 Å². The van der Waals surface area contributed by atoms with Crippen LogP contribution in [0.4, 0.5) is 4.39 Å². The van der Waals surface area contributed by atoms with E-state index in [-0.39, 0.29) is 12.2 Å². The second-order valence-corrected chi connectivity index (χ2v) is 5.09. The zero-order chi connectivity index (χ0) is 14.5. The van der Waals surface area contributed by atoms with Crippen molar-refractivity contribution in [2.75, 3.05) is 0 Å². The Morgan fingerprint density at radius 2 is 2.15 bits per heavy atom. The van der Waals surface area contributed by atoms with Crippen LogP contribution in [0.25, 0.3) is 11.5 Å². The van der Waals surface area contributed by atoms with Gasteiger partial charge in [-0.1, -0.05) is 0 Å². The highest BCUT2D eigenvalue weighted by atomic mass is 79.9. The van der Waals surface area contributed by atoms with Crippen molar-refractivity contribution in [2.45, 2.75) is 25.7 Å². The standard InChI is InChI=1S/C13H12BrFN2O3/c14-9-7-8(5-6-10(9)15)13-17-16-11(20-13)3-1-2-4-12(18)19/h5-7H,1-4H2,(H,18,19). The zero-order valence-corrected chi connectivity index (χ0v) is 12.1. The maximum Gasteiger partial charge on any atom is 0.303 e. The van der Waals surface area contributed by atoms with Crippen LogP contribution in [0.5, 0.6) is 0 Å². The van der Waals surface area contributed by atoms with Gasteiger partial charge in [0, 0.05) is 18.4 Å². The fourth-order valence-corrected chi connectivity index (χ4v) is 2.03. The van der Waals surface area contributed by atoms with Crippen LogP contribution < -0.4 is 0 Å². The van der Waals surface area contributed by atoms with Gasteiger partial charge in [0.1, 0.15) is 5.82 Å². The normalized spacial score (nSPS) is 10.7. The third-order valence-corrected chi connectivity index (χ3v) is 3.27. The van der Waals surface area contributed by atoms with Crippen molar-refractivity contribution in [2.24, 2.45) is 0 Å². The quantitative estimate of drug-likeness (QED) is 0.813. The van der Waals surface area contributed by atoms with Gasteiger partial charge in [-0.15, -0.1) is 10.2 Å². The van der Waals surface area contributed by atoms with Gasteiger partial charge in [0.2, 0.25) is 11.8 Å². The summed E-state index contributed by atoms with van der Waals surface area (Å²) in [7, 11) is 0. The number of rotatable bonds is 6. The predicted octanol–water partition coefficient (Wildman–Crippen LogP) is 3.44. The van der Waals surface area contributed by atoms with Gasteiger partial charge < -0.3 is 9.52 Å². The van der Waals surface area contributed by atoms with Crippen molar-refractivity contribution in [3.63, 3.8) is 0 Å². The van der Waals surface area contributed by atoms with Gasteiger partial charge in [-0.3, -0.25) is 4.79 Å². The zero-order valence-electron chi connectivity index (χ0n) is 10.5. The van der Waals surface area contributed by atoms with E-state index in [1.54, 1.807) is 12.1 Å². The second kappa shape index (κ2) is 6.60. The van der Waals surface area contributed by atoms with Crippen molar-refractivity contribution < 1.29 is 18.7 Å². The van der Waals surface area contributed by atoms with E-state index in [0.29, 0.717) is 41.1 Å². The van der Waals surface area contributed by atoms with E-state index in [2.05, 4.69) is 26.1 Å². The number of aromatic nitrogens is 2. The molecule has 5 nitrogen and oxygen atoms in total. The van der Waals surface area contributed by atoms with E-state index in [4.69, 9.17) is 9.52 Å². The number of halogens is 2. The molecule has 20 heavy (non-hydrogen) atoms. The smallest absolute Gasteiger partial charge is 0.303 e. The van der Waals surface area contributed by atoms with Crippen LogP contribution in [0.1, 0.15) is 25.2 Å². The highest BCUT2D eigenvalue weighted by Crippen LogP contribution is 2.24. The van der Waals surface area contributed by atoms with Crippen LogP contribution >= 0.6 is 15.9 Å². The molecule has 0 fully saturated rings. The first-order chi connectivity index (χ1) is 9.56. The molecule has 0 aliphatic carbocycles. The minimum atomic E-state index is -0.813. The van der Waals surface area contributed by atoms with Crippen LogP contribution in [0.15, 0.2) is 27.1 Å². The summed E-state index contributed by atoms with van der Waals surface area (Å²) in [6, 6.07) is 4.44. The lowest BCUT2D eigenvalue weighted by atomic mass is 10.2. The molecule has 0 aliphatic rings. The highest BCUT2D eigenvalue weighted by Gasteiger charge is 2.10. The SMILES string of the molecule is O=C(O)CCCCc1nnc(-c2ccc(F)c(Br)c2)o1. The maximum atomic E-state index is 13.1. The molecule has 0 atom stereocenters. The Morgan fingerprint density at radius 1 is 1.35 bits per heavy atom. The van der Waals surface area contributed by atoms with E-state index in [1.165, 1.54) is 6.07 Å². The van der Waals surface area contributed by atoms with Crippen LogP contribution in [0.2, 0.25) is 0 Å². The van der Waals surface area contributed by atoms with Gasteiger partial charge in [-0.2, -0.15) is 0 Å². The Morgan fingerprint density at radius 3 is 2.85 bits per heavy atom. The van der Waals surface area contributed by atoms with Crippen molar-refractivity contribution in [3.05, 3.63) is 34.4 Å². The monoisotopic (exact) mass is 342 g/mol. The number of unbranched alkanes of at least 4 members (excludes halogenated alkanes) is 1. The first kappa shape index (κ1) is 14.6. The molecule has 0 spiro atoms. The number of nitrogens with zero attached hydrogens (tertiary/aromatic N) is 2. The molecule has 7 heteroatoms. The first-order valence-corrected chi connectivity index (χ1v) is 6.85. The average Bonchev–Trinajstić information content (AvgIpc) is 2.86. The van der Waals surface area contributed by atoms with Gasteiger partial charge in [0.25, 0.3) is 0 Å². The van der Waals surface area contributed by atoms with Crippen LogP contribution in [0.3, 0.4) is 0 Å². The molecule has 0 amide bonds. The first-order valence-electron chi connectivity index (χ1n) is 6.06. The molecule has 1 heterocycles. The molecule has 0 saturated carbocycles. The number of hydrogen-bond acceptors (Lipinski definition) is 4. The van der Waals surface area contributed by atoms with Crippen molar-refractivity contribution in [1.82, 2.24) is 10.2 Å². The van der Waals surface area contributed by atoms with Gasteiger partial charge in [-0.05, 0) is 47.0 Å². The lowest BCUT2D eigenvalue weighted by molar-refractivity contribution is -0.137. The summed E-state index contributed by atoms with van der Waals surface area (Å²) in [5.74, 6) is -0.403. The number of hydrogen-bond donors (Lipinski definition) is 1. The molecular weight excluding hydrogens is 331 g/mol. The Balaban J connectivity index is 1.97. The molecule has 1 N–H and O–H groups in total. The molecule has 0 radical (unpaired) electrons. The fraction of sp³-hybridized carbons (Fsp3) is 0.308. The number of carbonyl (C=O) groups is 1. The summed E-state index contributed by atoms with van der Waals surface area (Å²) in [5, 5.41) is 16.3. The van der Waals surface area contributed by atoms with E-state index >= 15 is 0 Å². The minimum Gasteiger partial charge on any atom is -0.481 e. The molecular formula is C13H12BrFN2O3. The Hall–Kier alpha value is -1.76. The molecule has 2 aromatic rings. The van der Waals surface area contributed by atoms with Crippen LogP contribution in [0, 0.1) is 5.82 Å². The molecule has 2 rings (SSSR count). The lowest BCUT2D eigenvalue weighted by Crippen LogP contribution is -1.95. The van der Waals surface area contributed by atoms with Gasteiger partial charge >= 0.3 is 5.97 Å². The topological polar surface area (TPSA) is 76.2 Å². The molecule has 0 aliphatic heterocycles. The van der Waals surface area contributed by atoms with Crippen LogP contribution in [-0.2, 0) is 11.2 Å². The average molecular weight is 343 g/mol. The fourth-order valence-electron chi connectivity index (χ4n) is 1.65. The van der Waals surface area contributed by atoms with Crippen molar-refractivity contribution in [1.29, 1.82) is 0 Å². The van der Waals surface area contributed by atoms with E-state index in [0.717, 1.165) is 0 Å². The van der Waals surface area contributed by atoms with E-state index in [9.17, 15) is 9.18 Å². The van der Waals surface area contributed by atoms with Gasteiger partial charge in [-0.25, -0.2) is 4.39 Å². The molecule has 1 aromatic carbocycles. The summed E-state index contributed by atoms with van der Waals surface area (Å²) in [4.78, 5) is 10.4. The number of carboxylic acid groups (broad SMARTS) is 1. The highest BCUT2D eigenvalue weighted by molar-refractivity contribution is 9.10. The van der Waals surface area contributed by atoms with Crippen molar-refractivity contribution >= 4 is 21.9 Å². The molecule has 106 valence electrons. The summed E-state index contributed by atoms with van der Waals surface area (Å²) in [5.41, 5.74) is 0.627. The van der Waals surface area contributed by atoms with Crippen molar-refractivity contribution in [3.8, 4) is 11.5 Å². The third kappa shape index (κ3) is 3.86. The molecule has 0 unspecified atom stereocenters. The second-order valence-electron chi connectivity index (χ2n) is 4.23. The number of aliphatic carboxylic acids is 1. The third-order valence-electron chi connectivity index (χ3n) is 2.66. The molecule has 0 saturated heterocycles. The maximum absolute atomic E-state index is 13.1. The van der Waals surface area contributed by atoms with E-state index < -0.39 is 5.97 Å². The summed E-state index contributed by atoms with van der Waals surface area (Å²) in [6.07, 6.45) is 1.89.